The summed E-state index contributed by atoms with van der Waals surface area (Å²) in [6, 6.07) is 6.74. The maximum absolute atomic E-state index is 12.7. The summed E-state index contributed by atoms with van der Waals surface area (Å²) in [5.41, 5.74) is 0.452. The Morgan fingerprint density at radius 1 is 1.18 bits per heavy atom. The molecule has 0 saturated carbocycles. The molecule has 0 radical (unpaired) electrons. The first-order valence-electron chi connectivity index (χ1n) is 7.09. The summed E-state index contributed by atoms with van der Waals surface area (Å²) in [5.74, 6) is -2.50. The first-order valence-corrected chi connectivity index (χ1v) is 7.09. The van der Waals surface area contributed by atoms with E-state index in [9.17, 15) is 18.7 Å². The molecule has 0 spiro atoms. The van der Waals surface area contributed by atoms with Crippen LogP contribution in [0.3, 0.4) is 0 Å². The fourth-order valence-corrected chi connectivity index (χ4v) is 1.92. The van der Waals surface area contributed by atoms with Gasteiger partial charge in [0.2, 0.25) is 0 Å². The van der Waals surface area contributed by atoms with Crippen LogP contribution in [0.5, 0.6) is 5.75 Å². The predicted molar refractivity (Wildman–Crippen MR) is 80.7 cm³/mol. The largest absolute Gasteiger partial charge is 0.487 e. The molecule has 0 bridgehead atoms. The van der Waals surface area contributed by atoms with Crippen molar-refractivity contribution in [1.29, 1.82) is 0 Å². The van der Waals surface area contributed by atoms with Gasteiger partial charge in [0, 0.05) is 19.0 Å². The van der Waals surface area contributed by atoms with Crippen molar-refractivity contribution in [2.24, 2.45) is 0 Å². The lowest BCUT2D eigenvalue weighted by molar-refractivity contribution is -0.0229. The van der Waals surface area contributed by atoms with E-state index in [2.05, 4.69) is 0 Å². The quantitative estimate of drug-likeness (QED) is 0.862. The van der Waals surface area contributed by atoms with Gasteiger partial charge in [0.15, 0.2) is 6.61 Å². The van der Waals surface area contributed by atoms with Crippen LogP contribution in [0.15, 0.2) is 24.3 Å². The number of benzene rings is 1. The normalized spacial score (nSPS) is 12.1. The molecule has 0 saturated heterocycles. The van der Waals surface area contributed by atoms with Gasteiger partial charge in [-0.2, -0.15) is 0 Å². The Labute approximate surface area is 129 Å². The summed E-state index contributed by atoms with van der Waals surface area (Å²) >= 11 is 0. The van der Waals surface area contributed by atoms with E-state index >= 15 is 0 Å². The van der Waals surface area contributed by atoms with Gasteiger partial charge in [0.1, 0.15) is 5.75 Å². The van der Waals surface area contributed by atoms with Crippen molar-refractivity contribution < 1.29 is 23.4 Å². The van der Waals surface area contributed by atoms with E-state index in [1.54, 1.807) is 24.3 Å². The number of ether oxygens (including phenoxy) is 1. The average molecular weight is 315 g/mol. The topological polar surface area (TPSA) is 49.8 Å². The van der Waals surface area contributed by atoms with Crippen LogP contribution in [0.25, 0.3) is 0 Å². The van der Waals surface area contributed by atoms with Gasteiger partial charge < -0.3 is 14.7 Å². The number of hydrogen-bond donors (Lipinski definition) is 1. The van der Waals surface area contributed by atoms with Crippen molar-refractivity contribution in [3.63, 3.8) is 0 Å². The third-order valence-electron chi connectivity index (χ3n) is 3.08. The molecule has 1 aromatic carbocycles. The van der Waals surface area contributed by atoms with Crippen molar-refractivity contribution in [2.75, 3.05) is 13.2 Å². The molecule has 0 aliphatic carbocycles. The Morgan fingerprint density at radius 2 is 1.73 bits per heavy atom. The molecule has 1 N–H and O–H groups in total. The highest BCUT2D eigenvalue weighted by atomic mass is 19.3. The van der Waals surface area contributed by atoms with Crippen LogP contribution in [0, 0.1) is 0 Å². The molecule has 0 heterocycles. The third-order valence-corrected chi connectivity index (χ3v) is 3.08. The van der Waals surface area contributed by atoms with E-state index in [0.717, 1.165) is 12.5 Å². The second-order valence-electron chi connectivity index (χ2n) is 6.36. The van der Waals surface area contributed by atoms with Crippen molar-refractivity contribution in [3.8, 4) is 5.75 Å². The highest BCUT2D eigenvalue weighted by Gasteiger charge is 2.25. The Hall–Kier alpha value is -1.85. The second kappa shape index (κ2) is 6.94. The van der Waals surface area contributed by atoms with E-state index in [1.165, 1.54) is 4.90 Å². The molecule has 0 atom stereocenters. The Kier molecular flexibility index (Phi) is 5.74. The van der Waals surface area contributed by atoms with Gasteiger partial charge in [-0.05, 0) is 44.9 Å². The Balaban J connectivity index is 2.59. The minimum absolute atomic E-state index is 0.367. The van der Waals surface area contributed by atoms with Gasteiger partial charge in [0.25, 0.3) is 5.92 Å². The van der Waals surface area contributed by atoms with Crippen molar-refractivity contribution in [3.05, 3.63) is 29.8 Å². The van der Waals surface area contributed by atoms with Crippen LogP contribution in [-0.2, 0) is 6.42 Å². The predicted octanol–water partition coefficient (Wildman–Crippen LogP) is 4.04. The van der Waals surface area contributed by atoms with Crippen molar-refractivity contribution in [2.45, 2.75) is 45.6 Å². The highest BCUT2D eigenvalue weighted by molar-refractivity contribution is 5.66. The molecule has 22 heavy (non-hydrogen) atoms. The fourth-order valence-electron chi connectivity index (χ4n) is 1.92. The van der Waals surface area contributed by atoms with Gasteiger partial charge in [-0.25, -0.2) is 13.6 Å². The van der Waals surface area contributed by atoms with Gasteiger partial charge in [-0.1, -0.05) is 12.1 Å². The number of hydrogen-bond acceptors (Lipinski definition) is 2. The minimum Gasteiger partial charge on any atom is -0.487 e. The molecule has 1 amide bonds. The van der Waals surface area contributed by atoms with Gasteiger partial charge in [0.05, 0.1) is 0 Å². The summed E-state index contributed by atoms with van der Waals surface area (Å²) in [5, 5.41) is 9.21. The monoisotopic (exact) mass is 315 g/mol. The van der Waals surface area contributed by atoms with Crippen LogP contribution in [0.1, 0.15) is 33.3 Å². The standard InChI is InChI=1S/C16H23F2NO3/c1-15(2,3)19(14(20)21)10-9-12-5-7-13(8-6-12)22-11-16(4,17)18/h5-8H,9-11H2,1-4H3,(H,20,21). The molecule has 0 unspecified atom stereocenters. The van der Waals surface area contributed by atoms with Gasteiger partial charge >= 0.3 is 6.09 Å². The van der Waals surface area contributed by atoms with E-state index < -0.39 is 24.2 Å². The van der Waals surface area contributed by atoms with Crippen molar-refractivity contribution >= 4 is 6.09 Å². The lowest BCUT2D eigenvalue weighted by Gasteiger charge is -2.33. The summed E-state index contributed by atoms with van der Waals surface area (Å²) < 4.78 is 30.4. The van der Waals surface area contributed by atoms with Crippen LogP contribution < -0.4 is 4.74 Å². The van der Waals surface area contributed by atoms with E-state index in [0.29, 0.717) is 18.7 Å². The Morgan fingerprint density at radius 3 is 2.14 bits per heavy atom. The van der Waals surface area contributed by atoms with Crippen LogP contribution >= 0.6 is 0 Å². The zero-order chi connectivity index (χ0) is 17.0. The maximum atomic E-state index is 12.7. The average Bonchev–Trinajstić information content (AvgIpc) is 2.35. The number of carbonyl (C=O) groups is 1. The number of nitrogens with zero attached hydrogens (tertiary/aromatic N) is 1. The number of amides is 1. The zero-order valence-electron chi connectivity index (χ0n) is 13.4. The lowest BCUT2D eigenvalue weighted by atomic mass is 10.1. The zero-order valence-corrected chi connectivity index (χ0v) is 13.4. The lowest BCUT2D eigenvalue weighted by Crippen LogP contribution is -2.45. The van der Waals surface area contributed by atoms with Crippen molar-refractivity contribution in [1.82, 2.24) is 4.90 Å². The summed E-state index contributed by atoms with van der Waals surface area (Å²) in [6.45, 7) is 6.01. The fraction of sp³-hybridized carbons (Fsp3) is 0.562. The number of alkyl halides is 2. The van der Waals surface area contributed by atoms with E-state index in [-0.39, 0.29) is 0 Å². The molecule has 4 nitrogen and oxygen atoms in total. The maximum Gasteiger partial charge on any atom is 0.407 e. The van der Waals surface area contributed by atoms with Gasteiger partial charge in [-0.15, -0.1) is 0 Å². The smallest absolute Gasteiger partial charge is 0.407 e. The summed E-state index contributed by atoms with van der Waals surface area (Å²) in [6.07, 6.45) is -0.411. The molecule has 0 aliphatic rings. The molecule has 124 valence electrons. The summed E-state index contributed by atoms with van der Waals surface area (Å²) in [4.78, 5) is 12.6. The van der Waals surface area contributed by atoms with Crippen LogP contribution in [-0.4, -0.2) is 40.7 Å². The molecule has 1 rings (SSSR count). The SMILES string of the molecule is CC(F)(F)COc1ccc(CCN(C(=O)O)C(C)(C)C)cc1. The van der Waals surface area contributed by atoms with Crippen LogP contribution in [0.2, 0.25) is 0 Å². The first kappa shape index (κ1) is 18.2. The molecule has 0 fully saturated rings. The molecular weight excluding hydrogens is 292 g/mol. The number of halogens is 2. The first-order chi connectivity index (χ1) is 9.99. The molecule has 0 aliphatic heterocycles. The van der Waals surface area contributed by atoms with E-state index in [1.807, 2.05) is 20.8 Å². The van der Waals surface area contributed by atoms with Gasteiger partial charge in [-0.3, -0.25) is 0 Å². The third kappa shape index (κ3) is 6.28. The second-order valence-corrected chi connectivity index (χ2v) is 6.36. The number of carboxylic acid groups (broad SMARTS) is 1. The molecule has 0 aromatic heterocycles. The minimum atomic E-state index is -2.87. The van der Waals surface area contributed by atoms with Crippen LogP contribution in [0.4, 0.5) is 13.6 Å². The Bertz CT molecular complexity index is 490. The summed E-state index contributed by atoms with van der Waals surface area (Å²) in [7, 11) is 0. The molecule has 6 heteroatoms. The molecular formula is C16H23F2NO3. The highest BCUT2D eigenvalue weighted by Crippen LogP contribution is 2.19. The number of rotatable bonds is 6. The molecule has 1 aromatic rings. The van der Waals surface area contributed by atoms with E-state index in [4.69, 9.17) is 4.74 Å².